The third-order valence-corrected chi connectivity index (χ3v) is 3.79. The molecule has 3 nitrogen and oxygen atoms in total. The number of rotatable bonds is 7. The van der Waals surface area contributed by atoms with Crippen LogP contribution in [-0.4, -0.2) is 23.7 Å². The molecule has 0 saturated carbocycles. The zero-order chi connectivity index (χ0) is 16.0. The van der Waals surface area contributed by atoms with E-state index in [0.717, 1.165) is 6.42 Å². The number of hydrogen-bond donors (Lipinski definition) is 2. The van der Waals surface area contributed by atoms with Crippen LogP contribution in [0.1, 0.15) is 37.6 Å². The van der Waals surface area contributed by atoms with Gasteiger partial charge < -0.3 is 11.1 Å². The summed E-state index contributed by atoms with van der Waals surface area (Å²) in [5, 5.41) is 2.93. The fourth-order valence-corrected chi connectivity index (χ4v) is 2.72. The van der Waals surface area contributed by atoms with Crippen LogP contribution in [0.3, 0.4) is 0 Å². The first-order valence-corrected chi connectivity index (χ1v) is 7.71. The number of carbonyl (C=O) groups excluding carboxylic acids is 1. The fraction of sp³-hybridized carbons (Fsp3) is 0.533. The van der Waals surface area contributed by atoms with E-state index < -0.39 is 11.3 Å². The predicted octanol–water partition coefficient (Wildman–Crippen LogP) is 3.49. The van der Waals surface area contributed by atoms with Crippen LogP contribution >= 0.6 is 11.8 Å². The lowest BCUT2D eigenvalue weighted by Crippen LogP contribution is -2.52. The van der Waals surface area contributed by atoms with Crippen LogP contribution in [0.2, 0.25) is 0 Å². The largest absolute Gasteiger partial charge is 0.346 e. The molecule has 0 bridgehead atoms. The molecule has 0 aromatic heterocycles. The van der Waals surface area contributed by atoms with E-state index >= 15 is 0 Å². The number of nitrogens with one attached hydrogen (secondary N) is 1. The Morgan fingerprint density at radius 1 is 1.33 bits per heavy atom. The Labute approximate surface area is 128 Å². The van der Waals surface area contributed by atoms with Gasteiger partial charge in [0.2, 0.25) is 0 Å². The summed E-state index contributed by atoms with van der Waals surface area (Å²) in [6, 6.07) is 6.14. The first-order chi connectivity index (χ1) is 9.75. The molecule has 0 spiro atoms. The van der Waals surface area contributed by atoms with Crippen molar-refractivity contribution in [3.05, 3.63) is 29.8 Å². The molecule has 0 aliphatic rings. The van der Waals surface area contributed by atoms with Crippen LogP contribution in [0, 0.1) is 5.92 Å². The summed E-state index contributed by atoms with van der Waals surface area (Å²) in [5.74, 6) is -2.29. The molecule has 0 fully saturated rings. The standard InChI is InChI=1S/C15H22F2N2OS/c1-10(2)8-15(3,9-18)19-13(20)11-4-6-12(7-5-11)21-14(16)17/h4-7,10,14H,8-9,18H2,1-3H3,(H,19,20). The summed E-state index contributed by atoms with van der Waals surface area (Å²) in [4.78, 5) is 12.6. The zero-order valence-corrected chi connectivity index (χ0v) is 13.3. The van der Waals surface area contributed by atoms with Crippen LogP contribution in [-0.2, 0) is 0 Å². The van der Waals surface area contributed by atoms with E-state index in [1.54, 1.807) is 12.1 Å². The monoisotopic (exact) mass is 316 g/mol. The Balaban J connectivity index is 2.74. The lowest BCUT2D eigenvalue weighted by atomic mass is 9.90. The molecule has 21 heavy (non-hydrogen) atoms. The Morgan fingerprint density at radius 3 is 2.33 bits per heavy atom. The summed E-state index contributed by atoms with van der Waals surface area (Å²) < 4.78 is 24.5. The molecule has 118 valence electrons. The molecule has 3 N–H and O–H groups in total. The number of amides is 1. The molecule has 1 aromatic carbocycles. The number of carbonyl (C=O) groups is 1. The predicted molar refractivity (Wildman–Crippen MR) is 82.7 cm³/mol. The number of nitrogens with two attached hydrogens (primary N) is 1. The molecule has 0 aliphatic carbocycles. The van der Waals surface area contributed by atoms with E-state index in [2.05, 4.69) is 19.2 Å². The molecule has 1 rings (SSSR count). The lowest BCUT2D eigenvalue weighted by molar-refractivity contribution is 0.0898. The second-order valence-corrected chi connectivity index (χ2v) is 6.78. The number of hydrogen-bond acceptors (Lipinski definition) is 3. The third-order valence-electron chi connectivity index (χ3n) is 3.07. The lowest BCUT2D eigenvalue weighted by Gasteiger charge is -2.31. The molecule has 0 saturated heterocycles. The van der Waals surface area contributed by atoms with Crippen LogP contribution in [0.5, 0.6) is 0 Å². The highest BCUT2D eigenvalue weighted by Gasteiger charge is 2.26. The maximum absolute atomic E-state index is 12.2. The van der Waals surface area contributed by atoms with E-state index in [1.165, 1.54) is 12.1 Å². The van der Waals surface area contributed by atoms with Crippen LogP contribution < -0.4 is 11.1 Å². The van der Waals surface area contributed by atoms with E-state index in [0.29, 0.717) is 34.7 Å². The minimum atomic E-state index is -2.46. The van der Waals surface area contributed by atoms with Gasteiger partial charge >= 0.3 is 0 Å². The second kappa shape index (κ2) is 7.75. The SMILES string of the molecule is CC(C)CC(C)(CN)NC(=O)c1ccc(SC(F)F)cc1. The normalized spacial score (nSPS) is 14.3. The highest BCUT2D eigenvalue weighted by molar-refractivity contribution is 7.99. The average molecular weight is 316 g/mol. The van der Waals surface area contributed by atoms with Crippen molar-refractivity contribution in [3.63, 3.8) is 0 Å². The second-order valence-electron chi connectivity index (χ2n) is 5.72. The van der Waals surface area contributed by atoms with Gasteiger partial charge in [0.25, 0.3) is 11.7 Å². The van der Waals surface area contributed by atoms with E-state index in [9.17, 15) is 13.6 Å². The van der Waals surface area contributed by atoms with Crippen molar-refractivity contribution in [2.45, 2.75) is 43.4 Å². The van der Waals surface area contributed by atoms with Crippen molar-refractivity contribution in [3.8, 4) is 0 Å². The van der Waals surface area contributed by atoms with E-state index in [4.69, 9.17) is 5.73 Å². The minimum absolute atomic E-state index is 0.239. The molecule has 6 heteroatoms. The number of benzene rings is 1. The Bertz CT molecular complexity index is 465. The van der Waals surface area contributed by atoms with Gasteiger partial charge in [-0.25, -0.2) is 0 Å². The smallest absolute Gasteiger partial charge is 0.288 e. The van der Waals surface area contributed by atoms with Crippen LogP contribution in [0.4, 0.5) is 8.78 Å². The summed E-state index contributed by atoms with van der Waals surface area (Å²) in [6.45, 7) is 6.38. The van der Waals surface area contributed by atoms with Gasteiger partial charge in [-0.3, -0.25) is 4.79 Å². The van der Waals surface area contributed by atoms with Gasteiger partial charge in [0.15, 0.2) is 0 Å². The van der Waals surface area contributed by atoms with Gasteiger partial charge in [0.1, 0.15) is 0 Å². The molecule has 0 aliphatic heterocycles. The first-order valence-electron chi connectivity index (χ1n) is 6.83. The maximum atomic E-state index is 12.2. The quantitative estimate of drug-likeness (QED) is 0.757. The maximum Gasteiger partial charge on any atom is 0.288 e. The average Bonchev–Trinajstić information content (AvgIpc) is 2.37. The zero-order valence-electron chi connectivity index (χ0n) is 12.5. The summed E-state index contributed by atoms with van der Waals surface area (Å²) in [7, 11) is 0. The van der Waals surface area contributed by atoms with Crippen molar-refractivity contribution in [2.75, 3.05) is 6.54 Å². The van der Waals surface area contributed by atoms with Gasteiger partial charge in [-0.2, -0.15) is 8.78 Å². The van der Waals surface area contributed by atoms with Crippen LogP contribution in [0.25, 0.3) is 0 Å². The molecule has 1 aromatic rings. The van der Waals surface area contributed by atoms with Crippen molar-refractivity contribution < 1.29 is 13.6 Å². The molecule has 1 atom stereocenters. The Hall–Kier alpha value is -1.14. The van der Waals surface area contributed by atoms with Crippen molar-refractivity contribution in [1.29, 1.82) is 0 Å². The summed E-state index contributed by atoms with van der Waals surface area (Å²) in [5.41, 5.74) is 5.73. The first kappa shape index (κ1) is 17.9. The summed E-state index contributed by atoms with van der Waals surface area (Å²) >= 11 is 0.460. The van der Waals surface area contributed by atoms with Crippen LogP contribution in [0.15, 0.2) is 29.2 Å². The Morgan fingerprint density at radius 2 is 1.90 bits per heavy atom. The molecular weight excluding hydrogens is 294 g/mol. The molecule has 0 heterocycles. The molecule has 0 radical (unpaired) electrons. The third kappa shape index (κ3) is 6.01. The number of halogens is 2. The van der Waals surface area contributed by atoms with Crippen molar-refractivity contribution in [2.24, 2.45) is 11.7 Å². The van der Waals surface area contributed by atoms with Gasteiger partial charge in [-0.05, 0) is 43.5 Å². The topological polar surface area (TPSA) is 55.1 Å². The molecular formula is C15H22F2N2OS. The van der Waals surface area contributed by atoms with Gasteiger partial charge in [0, 0.05) is 22.5 Å². The molecule has 1 amide bonds. The number of alkyl halides is 2. The highest BCUT2D eigenvalue weighted by Crippen LogP contribution is 2.25. The fourth-order valence-electron chi connectivity index (χ4n) is 2.22. The van der Waals surface area contributed by atoms with Gasteiger partial charge in [-0.15, -0.1) is 0 Å². The van der Waals surface area contributed by atoms with E-state index in [1.807, 2.05) is 6.92 Å². The van der Waals surface area contributed by atoms with Gasteiger partial charge in [0.05, 0.1) is 0 Å². The van der Waals surface area contributed by atoms with Crippen molar-refractivity contribution >= 4 is 17.7 Å². The Kier molecular flexibility index (Phi) is 6.61. The van der Waals surface area contributed by atoms with Crippen molar-refractivity contribution in [1.82, 2.24) is 5.32 Å². The summed E-state index contributed by atoms with van der Waals surface area (Å²) in [6.07, 6.45) is 0.772. The minimum Gasteiger partial charge on any atom is -0.346 e. The number of thioether (sulfide) groups is 1. The van der Waals surface area contributed by atoms with E-state index in [-0.39, 0.29) is 5.91 Å². The highest BCUT2D eigenvalue weighted by atomic mass is 32.2. The van der Waals surface area contributed by atoms with Gasteiger partial charge in [-0.1, -0.05) is 25.6 Å². The molecule has 1 unspecified atom stereocenters.